The summed E-state index contributed by atoms with van der Waals surface area (Å²) in [4.78, 5) is 14.0. The van der Waals surface area contributed by atoms with Crippen molar-refractivity contribution in [2.75, 3.05) is 20.8 Å². The maximum absolute atomic E-state index is 12.4. The van der Waals surface area contributed by atoms with Gasteiger partial charge in [-0.2, -0.15) is 0 Å². The smallest absolute Gasteiger partial charge is 0.260 e. The lowest BCUT2D eigenvalue weighted by Gasteiger charge is -2.19. The fourth-order valence-electron chi connectivity index (χ4n) is 2.48. The van der Waals surface area contributed by atoms with Crippen LogP contribution in [-0.4, -0.2) is 31.6 Å². The molecule has 0 unspecified atom stereocenters. The molecule has 0 saturated heterocycles. The first-order chi connectivity index (χ1) is 12.0. The average molecular weight is 339 g/mol. The van der Waals surface area contributed by atoms with E-state index in [1.807, 2.05) is 68.5 Å². The summed E-state index contributed by atoms with van der Waals surface area (Å²) < 4.78 is 11.0. The molecule has 0 heterocycles. The molecule has 25 heavy (non-hydrogen) atoms. The lowest BCUT2D eigenvalue weighted by molar-refractivity contribution is -0.132. The van der Waals surface area contributed by atoms with E-state index >= 15 is 0 Å². The maximum atomic E-state index is 12.4. The summed E-state index contributed by atoms with van der Waals surface area (Å²) in [7, 11) is 3.37. The van der Waals surface area contributed by atoms with Crippen molar-refractivity contribution >= 4 is 12.0 Å². The van der Waals surface area contributed by atoms with E-state index in [9.17, 15) is 4.79 Å². The lowest BCUT2D eigenvalue weighted by Crippen LogP contribution is -2.31. The number of hydrogen-bond donors (Lipinski definition) is 0. The summed E-state index contributed by atoms with van der Waals surface area (Å²) in [5.74, 6) is 1.10. The molecular weight excluding hydrogens is 314 g/mol. The van der Waals surface area contributed by atoms with E-state index in [1.54, 1.807) is 19.1 Å². The Morgan fingerprint density at radius 1 is 1.16 bits per heavy atom. The quantitative estimate of drug-likeness (QED) is 0.763. The second-order valence-electron chi connectivity index (χ2n) is 5.88. The van der Waals surface area contributed by atoms with E-state index < -0.39 is 0 Å². The van der Waals surface area contributed by atoms with Gasteiger partial charge in [0.15, 0.2) is 18.1 Å². The van der Waals surface area contributed by atoms with Gasteiger partial charge in [0, 0.05) is 13.6 Å². The average Bonchev–Trinajstić information content (AvgIpc) is 2.62. The maximum Gasteiger partial charge on any atom is 0.260 e. The SMILES string of the molecule is C/C=C/c1ccc(OCC(=O)N(C)Cc2ccccc2C)c(OC)c1. The molecule has 0 aromatic heterocycles. The monoisotopic (exact) mass is 339 g/mol. The molecule has 0 aliphatic carbocycles. The molecule has 4 nitrogen and oxygen atoms in total. The highest BCUT2D eigenvalue weighted by atomic mass is 16.5. The van der Waals surface area contributed by atoms with Crippen LogP contribution in [0.2, 0.25) is 0 Å². The second kappa shape index (κ2) is 8.92. The number of methoxy groups -OCH3 is 1. The Morgan fingerprint density at radius 2 is 1.92 bits per heavy atom. The van der Waals surface area contributed by atoms with Gasteiger partial charge < -0.3 is 14.4 Å². The van der Waals surface area contributed by atoms with Crippen LogP contribution in [0.25, 0.3) is 6.08 Å². The van der Waals surface area contributed by atoms with Gasteiger partial charge in [-0.1, -0.05) is 42.5 Å². The summed E-state index contributed by atoms with van der Waals surface area (Å²) in [5.41, 5.74) is 3.32. The largest absolute Gasteiger partial charge is 0.493 e. The van der Waals surface area contributed by atoms with E-state index in [0.717, 1.165) is 11.1 Å². The highest BCUT2D eigenvalue weighted by Crippen LogP contribution is 2.28. The first-order valence-electron chi connectivity index (χ1n) is 8.27. The summed E-state index contributed by atoms with van der Waals surface area (Å²) in [6.07, 6.45) is 3.94. The molecule has 0 atom stereocenters. The highest BCUT2D eigenvalue weighted by Gasteiger charge is 2.13. The zero-order valence-corrected chi connectivity index (χ0v) is 15.3. The first kappa shape index (κ1) is 18.6. The number of allylic oxidation sites excluding steroid dienone is 1. The number of likely N-dealkylation sites (N-methyl/N-ethyl adjacent to an activating group) is 1. The van der Waals surface area contributed by atoms with Crippen LogP contribution >= 0.6 is 0 Å². The van der Waals surface area contributed by atoms with E-state index in [1.165, 1.54) is 5.56 Å². The van der Waals surface area contributed by atoms with E-state index in [-0.39, 0.29) is 12.5 Å². The molecule has 0 radical (unpaired) electrons. The number of carbonyl (C=O) groups excluding carboxylic acids is 1. The topological polar surface area (TPSA) is 38.8 Å². The number of nitrogens with zero attached hydrogens (tertiary/aromatic N) is 1. The number of carbonyl (C=O) groups is 1. The van der Waals surface area contributed by atoms with Crippen LogP contribution in [0.3, 0.4) is 0 Å². The van der Waals surface area contributed by atoms with E-state index in [4.69, 9.17) is 9.47 Å². The zero-order valence-electron chi connectivity index (χ0n) is 15.3. The Bertz CT molecular complexity index is 753. The molecule has 0 saturated carbocycles. The number of amides is 1. The van der Waals surface area contributed by atoms with Crippen molar-refractivity contribution in [2.45, 2.75) is 20.4 Å². The number of benzene rings is 2. The summed E-state index contributed by atoms with van der Waals surface area (Å²) in [5, 5.41) is 0. The molecule has 2 aromatic carbocycles. The fourth-order valence-corrected chi connectivity index (χ4v) is 2.48. The number of aryl methyl sites for hydroxylation is 1. The minimum absolute atomic E-state index is 0.0261. The Kier molecular flexibility index (Phi) is 6.63. The third-order valence-electron chi connectivity index (χ3n) is 3.99. The highest BCUT2D eigenvalue weighted by molar-refractivity contribution is 5.77. The molecule has 0 bridgehead atoms. The molecule has 0 aliphatic rings. The number of rotatable bonds is 7. The predicted octanol–water partition coefficient (Wildman–Crippen LogP) is 4.07. The van der Waals surface area contributed by atoms with Crippen molar-refractivity contribution in [1.29, 1.82) is 0 Å². The Morgan fingerprint density at radius 3 is 2.60 bits per heavy atom. The van der Waals surface area contributed by atoms with Crippen LogP contribution < -0.4 is 9.47 Å². The van der Waals surface area contributed by atoms with Crippen LogP contribution in [0.1, 0.15) is 23.6 Å². The minimum atomic E-state index is -0.0807. The Hall–Kier alpha value is -2.75. The molecular formula is C21H25NO3. The molecule has 132 valence electrons. The van der Waals surface area contributed by atoms with Gasteiger partial charge in [0.05, 0.1) is 7.11 Å². The van der Waals surface area contributed by atoms with Crippen LogP contribution in [-0.2, 0) is 11.3 Å². The summed E-state index contributed by atoms with van der Waals surface area (Å²) >= 11 is 0. The molecule has 2 rings (SSSR count). The van der Waals surface area contributed by atoms with Crippen molar-refractivity contribution in [3.8, 4) is 11.5 Å². The van der Waals surface area contributed by atoms with E-state index in [2.05, 4.69) is 0 Å². The van der Waals surface area contributed by atoms with Gasteiger partial charge in [0.2, 0.25) is 0 Å². The van der Waals surface area contributed by atoms with Gasteiger partial charge >= 0.3 is 0 Å². The lowest BCUT2D eigenvalue weighted by atomic mass is 10.1. The van der Waals surface area contributed by atoms with Crippen LogP contribution in [0.15, 0.2) is 48.5 Å². The molecule has 0 spiro atoms. The van der Waals surface area contributed by atoms with Crippen LogP contribution in [0.5, 0.6) is 11.5 Å². The van der Waals surface area contributed by atoms with Crippen molar-refractivity contribution in [1.82, 2.24) is 4.90 Å². The van der Waals surface area contributed by atoms with Gasteiger partial charge in [-0.3, -0.25) is 4.79 Å². The van der Waals surface area contributed by atoms with E-state index in [0.29, 0.717) is 18.0 Å². The van der Waals surface area contributed by atoms with Crippen molar-refractivity contribution in [3.05, 3.63) is 65.2 Å². The molecule has 0 N–H and O–H groups in total. The van der Waals surface area contributed by atoms with Gasteiger partial charge in [0.25, 0.3) is 5.91 Å². The standard InChI is InChI=1S/C21H25NO3/c1-5-8-17-11-12-19(20(13-17)24-4)25-15-21(23)22(3)14-18-10-7-6-9-16(18)2/h5-13H,14-15H2,1-4H3/b8-5+. The third-order valence-corrected chi connectivity index (χ3v) is 3.99. The van der Waals surface area contributed by atoms with Gasteiger partial charge in [-0.15, -0.1) is 0 Å². The minimum Gasteiger partial charge on any atom is -0.493 e. The van der Waals surface area contributed by atoms with Crippen molar-refractivity contribution in [2.24, 2.45) is 0 Å². The summed E-state index contributed by atoms with van der Waals surface area (Å²) in [6, 6.07) is 13.7. The molecule has 4 heteroatoms. The van der Waals surface area contributed by atoms with Crippen LogP contribution in [0, 0.1) is 6.92 Å². The third kappa shape index (κ3) is 5.11. The molecule has 0 aliphatic heterocycles. The van der Waals surface area contributed by atoms with Gasteiger partial charge in [-0.05, 0) is 42.7 Å². The Labute approximate surface area is 149 Å². The van der Waals surface area contributed by atoms with Gasteiger partial charge in [0.1, 0.15) is 0 Å². The zero-order chi connectivity index (χ0) is 18.2. The molecule has 1 amide bonds. The van der Waals surface area contributed by atoms with Crippen LogP contribution in [0.4, 0.5) is 0 Å². The molecule has 0 fully saturated rings. The Balaban J connectivity index is 1.98. The fraction of sp³-hybridized carbons (Fsp3) is 0.286. The normalized spacial score (nSPS) is 10.7. The predicted molar refractivity (Wildman–Crippen MR) is 101 cm³/mol. The molecule has 2 aromatic rings. The first-order valence-corrected chi connectivity index (χ1v) is 8.27. The van der Waals surface area contributed by atoms with Crippen molar-refractivity contribution < 1.29 is 14.3 Å². The van der Waals surface area contributed by atoms with Crippen molar-refractivity contribution in [3.63, 3.8) is 0 Å². The number of ether oxygens (including phenoxy) is 2. The van der Waals surface area contributed by atoms with Gasteiger partial charge in [-0.25, -0.2) is 0 Å². The summed E-state index contributed by atoms with van der Waals surface area (Å²) in [6.45, 7) is 4.54. The second-order valence-corrected chi connectivity index (χ2v) is 5.88. The number of hydrogen-bond acceptors (Lipinski definition) is 3.